The van der Waals surface area contributed by atoms with Gasteiger partial charge >= 0.3 is 0 Å². The number of carbonyl (C=O) groups is 1. The average Bonchev–Trinajstić information content (AvgIpc) is 2.90. The molecule has 0 aromatic rings. The van der Waals surface area contributed by atoms with Crippen LogP contribution in [0.1, 0.15) is 39.0 Å². The molecule has 1 amide bonds. The summed E-state index contributed by atoms with van der Waals surface area (Å²) in [5, 5.41) is 3.36. The molecule has 4 nitrogen and oxygen atoms in total. The highest BCUT2D eigenvalue weighted by Crippen LogP contribution is 2.21. The van der Waals surface area contributed by atoms with Crippen molar-refractivity contribution in [3.8, 4) is 0 Å². The summed E-state index contributed by atoms with van der Waals surface area (Å²) in [5.41, 5.74) is 0. The number of hydrogen-bond acceptors (Lipinski definition) is 3. The van der Waals surface area contributed by atoms with Crippen LogP contribution in [0.4, 0.5) is 0 Å². The highest BCUT2D eigenvalue weighted by Gasteiger charge is 2.27. The second-order valence-corrected chi connectivity index (χ2v) is 5.49. The van der Waals surface area contributed by atoms with Gasteiger partial charge in [0.25, 0.3) is 0 Å². The lowest BCUT2D eigenvalue weighted by Crippen LogP contribution is -2.43. The molecule has 0 aromatic carbocycles. The fourth-order valence-electron chi connectivity index (χ4n) is 2.97. The Balaban J connectivity index is 0.00000180. The van der Waals surface area contributed by atoms with Gasteiger partial charge in [0, 0.05) is 38.8 Å². The number of nitrogens with one attached hydrogen (secondary N) is 1. The van der Waals surface area contributed by atoms with Crippen LogP contribution >= 0.6 is 12.4 Å². The Hall–Kier alpha value is -0.320. The van der Waals surface area contributed by atoms with Gasteiger partial charge in [-0.25, -0.2) is 0 Å². The number of ether oxygens (including phenoxy) is 1. The van der Waals surface area contributed by atoms with E-state index >= 15 is 0 Å². The minimum atomic E-state index is 0. The first-order chi connectivity index (χ1) is 8.81. The molecule has 19 heavy (non-hydrogen) atoms. The maximum absolute atomic E-state index is 12.4. The van der Waals surface area contributed by atoms with E-state index in [0.717, 1.165) is 65.0 Å². The van der Waals surface area contributed by atoms with E-state index in [9.17, 15) is 4.79 Å². The molecular formula is C14H27ClN2O2. The maximum atomic E-state index is 12.4. The van der Waals surface area contributed by atoms with Crippen molar-refractivity contribution in [2.45, 2.75) is 45.1 Å². The molecular weight excluding hydrogens is 264 g/mol. The van der Waals surface area contributed by atoms with E-state index in [-0.39, 0.29) is 12.4 Å². The summed E-state index contributed by atoms with van der Waals surface area (Å²) < 4.78 is 5.35. The van der Waals surface area contributed by atoms with Crippen LogP contribution in [-0.2, 0) is 9.53 Å². The average molecular weight is 291 g/mol. The zero-order valence-electron chi connectivity index (χ0n) is 11.9. The van der Waals surface area contributed by atoms with Crippen LogP contribution in [0.15, 0.2) is 0 Å². The molecule has 1 atom stereocenters. The van der Waals surface area contributed by atoms with E-state index in [1.165, 1.54) is 0 Å². The third kappa shape index (κ3) is 4.93. The lowest BCUT2D eigenvalue weighted by Gasteiger charge is -2.31. The lowest BCUT2D eigenvalue weighted by atomic mass is 9.95. The summed E-state index contributed by atoms with van der Waals surface area (Å²) in [6, 6.07) is 0.428. The second kappa shape index (κ2) is 8.77. The fraction of sp³-hybridized carbons (Fsp3) is 0.929. The molecule has 0 aliphatic carbocycles. The molecule has 112 valence electrons. The van der Waals surface area contributed by atoms with E-state index in [0.29, 0.717) is 17.9 Å². The number of amides is 1. The molecule has 2 heterocycles. The summed E-state index contributed by atoms with van der Waals surface area (Å²) in [7, 11) is 0. The minimum Gasteiger partial charge on any atom is -0.381 e. The van der Waals surface area contributed by atoms with Crippen LogP contribution in [0.5, 0.6) is 0 Å². The predicted molar refractivity (Wildman–Crippen MR) is 78.7 cm³/mol. The lowest BCUT2D eigenvalue weighted by molar-refractivity contribution is -0.135. The molecule has 2 aliphatic rings. The molecule has 2 aliphatic heterocycles. The van der Waals surface area contributed by atoms with Gasteiger partial charge in [-0.2, -0.15) is 0 Å². The first-order valence-electron chi connectivity index (χ1n) is 7.39. The Kier molecular flexibility index (Phi) is 7.73. The zero-order valence-corrected chi connectivity index (χ0v) is 12.7. The molecule has 1 unspecified atom stereocenters. The van der Waals surface area contributed by atoms with Gasteiger partial charge in [-0.05, 0) is 38.1 Å². The maximum Gasteiger partial charge on any atom is 0.223 e. The van der Waals surface area contributed by atoms with Crippen molar-refractivity contribution in [1.82, 2.24) is 10.2 Å². The van der Waals surface area contributed by atoms with Crippen molar-refractivity contribution in [2.75, 3.05) is 32.8 Å². The van der Waals surface area contributed by atoms with E-state index in [1.54, 1.807) is 0 Å². The van der Waals surface area contributed by atoms with Gasteiger partial charge in [0.15, 0.2) is 0 Å². The number of carbonyl (C=O) groups excluding carboxylic acids is 1. The largest absolute Gasteiger partial charge is 0.381 e. The second-order valence-electron chi connectivity index (χ2n) is 5.49. The Morgan fingerprint density at radius 3 is 2.63 bits per heavy atom. The summed E-state index contributed by atoms with van der Waals surface area (Å²) in [5.74, 6) is 0.900. The van der Waals surface area contributed by atoms with Gasteiger partial charge in [0.1, 0.15) is 0 Å². The van der Waals surface area contributed by atoms with Crippen molar-refractivity contribution in [3.63, 3.8) is 0 Å². The van der Waals surface area contributed by atoms with Crippen LogP contribution in [0.2, 0.25) is 0 Å². The highest BCUT2D eigenvalue weighted by atomic mass is 35.5. The van der Waals surface area contributed by atoms with E-state index in [4.69, 9.17) is 4.74 Å². The highest BCUT2D eigenvalue weighted by molar-refractivity contribution is 5.85. The smallest absolute Gasteiger partial charge is 0.223 e. The molecule has 0 aromatic heterocycles. The van der Waals surface area contributed by atoms with E-state index in [2.05, 4.69) is 17.1 Å². The van der Waals surface area contributed by atoms with Crippen molar-refractivity contribution < 1.29 is 9.53 Å². The van der Waals surface area contributed by atoms with Gasteiger partial charge in [-0.1, -0.05) is 6.92 Å². The van der Waals surface area contributed by atoms with Crippen LogP contribution in [0, 0.1) is 5.92 Å². The van der Waals surface area contributed by atoms with Gasteiger partial charge in [0.05, 0.1) is 0 Å². The van der Waals surface area contributed by atoms with E-state index in [1.807, 2.05) is 0 Å². The van der Waals surface area contributed by atoms with Crippen molar-refractivity contribution in [1.29, 1.82) is 0 Å². The normalized spacial score (nSPS) is 23.9. The SMILES string of the molecule is CCCN(C(=O)CC1CCOCC1)C1CCNC1.Cl. The molecule has 5 heteroatoms. The number of rotatable bonds is 5. The molecule has 2 fully saturated rings. The molecule has 0 saturated carbocycles. The monoisotopic (exact) mass is 290 g/mol. The zero-order chi connectivity index (χ0) is 12.8. The number of hydrogen-bond donors (Lipinski definition) is 1. The first kappa shape index (κ1) is 16.7. The van der Waals surface area contributed by atoms with Crippen LogP contribution in [0.3, 0.4) is 0 Å². The van der Waals surface area contributed by atoms with Crippen molar-refractivity contribution in [3.05, 3.63) is 0 Å². The van der Waals surface area contributed by atoms with E-state index < -0.39 is 0 Å². The minimum absolute atomic E-state index is 0. The molecule has 2 saturated heterocycles. The Labute approximate surface area is 122 Å². The van der Waals surface area contributed by atoms with Gasteiger partial charge < -0.3 is 15.0 Å². The number of halogens is 1. The molecule has 1 N–H and O–H groups in total. The summed E-state index contributed by atoms with van der Waals surface area (Å²) in [4.78, 5) is 14.6. The molecule has 0 bridgehead atoms. The third-order valence-corrected chi connectivity index (χ3v) is 4.06. The Morgan fingerprint density at radius 2 is 2.05 bits per heavy atom. The molecule has 0 radical (unpaired) electrons. The predicted octanol–water partition coefficient (Wildman–Crippen LogP) is 1.83. The summed E-state index contributed by atoms with van der Waals surface area (Å²) >= 11 is 0. The summed E-state index contributed by atoms with van der Waals surface area (Å²) in [6.07, 6.45) is 4.98. The summed E-state index contributed by atoms with van der Waals surface area (Å²) in [6.45, 7) is 6.74. The van der Waals surface area contributed by atoms with Gasteiger partial charge in [-0.3, -0.25) is 4.79 Å². The van der Waals surface area contributed by atoms with Crippen LogP contribution in [0.25, 0.3) is 0 Å². The van der Waals surface area contributed by atoms with Gasteiger partial charge in [0.2, 0.25) is 5.91 Å². The van der Waals surface area contributed by atoms with Crippen LogP contribution < -0.4 is 5.32 Å². The first-order valence-corrected chi connectivity index (χ1v) is 7.39. The van der Waals surface area contributed by atoms with Crippen molar-refractivity contribution in [2.24, 2.45) is 5.92 Å². The number of nitrogens with zero attached hydrogens (tertiary/aromatic N) is 1. The molecule has 0 spiro atoms. The standard InChI is InChI=1S/C14H26N2O2.ClH/c1-2-7-16(13-3-6-15-11-13)14(17)10-12-4-8-18-9-5-12;/h12-13,15H,2-11H2,1H3;1H. The van der Waals surface area contributed by atoms with Crippen LogP contribution in [-0.4, -0.2) is 49.7 Å². The Morgan fingerprint density at radius 1 is 1.32 bits per heavy atom. The third-order valence-electron chi connectivity index (χ3n) is 4.06. The quantitative estimate of drug-likeness (QED) is 0.840. The fourth-order valence-corrected chi connectivity index (χ4v) is 2.97. The van der Waals surface area contributed by atoms with Crippen molar-refractivity contribution >= 4 is 18.3 Å². The molecule has 2 rings (SSSR count). The van der Waals surface area contributed by atoms with Gasteiger partial charge in [-0.15, -0.1) is 12.4 Å². The topological polar surface area (TPSA) is 41.6 Å². The Bertz CT molecular complexity index is 264.